The largest absolute Gasteiger partial charge is 0.497 e. The van der Waals surface area contributed by atoms with Crippen LogP contribution in [-0.4, -0.2) is 25.1 Å². The van der Waals surface area contributed by atoms with E-state index in [0.29, 0.717) is 22.3 Å². The van der Waals surface area contributed by atoms with Crippen molar-refractivity contribution in [2.75, 3.05) is 19.5 Å². The minimum Gasteiger partial charge on any atom is -0.497 e. The van der Waals surface area contributed by atoms with E-state index in [9.17, 15) is 4.79 Å². The van der Waals surface area contributed by atoms with Gasteiger partial charge in [-0.2, -0.15) is 0 Å². The number of benzene rings is 2. The number of amides is 1. The molecule has 7 heteroatoms. The number of hydrogen-bond donors (Lipinski definition) is 1. The first kappa shape index (κ1) is 20.2. The SMILES string of the molecule is COc1ccc(OC)c(-c2csc(NC(=O)CCCc3ccc(Cl)cc3)n2)c1. The summed E-state index contributed by atoms with van der Waals surface area (Å²) in [6, 6.07) is 13.2. The summed E-state index contributed by atoms with van der Waals surface area (Å²) in [7, 11) is 3.23. The third kappa shape index (κ3) is 5.24. The van der Waals surface area contributed by atoms with Gasteiger partial charge in [-0.05, 0) is 48.7 Å². The second kappa shape index (κ2) is 9.57. The average Bonchev–Trinajstić information content (AvgIpc) is 3.17. The Labute approximate surface area is 173 Å². The summed E-state index contributed by atoms with van der Waals surface area (Å²) in [5.41, 5.74) is 2.72. The molecule has 0 aliphatic heterocycles. The molecular weight excluding hydrogens is 396 g/mol. The van der Waals surface area contributed by atoms with E-state index < -0.39 is 0 Å². The maximum atomic E-state index is 12.2. The Morgan fingerprint density at radius 2 is 1.93 bits per heavy atom. The first-order valence-electron chi connectivity index (χ1n) is 8.81. The molecule has 0 radical (unpaired) electrons. The Bertz CT molecular complexity index is 941. The Morgan fingerprint density at radius 3 is 2.64 bits per heavy atom. The van der Waals surface area contributed by atoms with Crippen LogP contribution in [0.15, 0.2) is 47.8 Å². The van der Waals surface area contributed by atoms with Gasteiger partial charge in [-0.25, -0.2) is 4.98 Å². The molecule has 0 aliphatic carbocycles. The minimum absolute atomic E-state index is 0.0486. The summed E-state index contributed by atoms with van der Waals surface area (Å²) in [6.45, 7) is 0. The van der Waals surface area contributed by atoms with E-state index in [-0.39, 0.29) is 5.91 Å². The van der Waals surface area contributed by atoms with Crippen LogP contribution >= 0.6 is 22.9 Å². The molecule has 1 N–H and O–H groups in total. The molecule has 0 saturated heterocycles. The van der Waals surface area contributed by atoms with Crippen molar-refractivity contribution >= 4 is 34.0 Å². The van der Waals surface area contributed by atoms with E-state index >= 15 is 0 Å². The van der Waals surface area contributed by atoms with Gasteiger partial charge in [0.1, 0.15) is 11.5 Å². The van der Waals surface area contributed by atoms with Crippen LogP contribution in [0.25, 0.3) is 11.3 Å². The van der Waals surface area contributed by atoms with Gasteiger partial charge in [0.2, 0.25) is 5.91 Å². The fourth-order valence-corrected chi connectivity index (χ4v) is 3.61. The lowest BCUT2D eigenvalue weighted by atomic mass is 10.1. The molecular formula is C21H21ClN2O3S. The van der Waals surface area contributed by atoms with Gasteiger partial charge in [0.15, 0.2) is 5.13 Å². The standard InChI is InChI=1S/C21H21ClN2O3S/c1-26-16-10-11-19(27-2)17(12-16)18-13-28-21(23-18)24-20(25)5-3-4-14-6-8-15(22)9-7-14/h6-13H,3-5H2,1-2H3,(H,23,24,25). The zero-order valence-corrected chi connectivity index (χ0v) is 17.3. The monoisotopic (exact) mass is 416 g/mol. The van der Waals surface area contributed by atoms with Crippen LogP contribution in [0.4, 0.5) is 5.13 Å². The number of aryl methyl sites for hydroxylation is 1. The number of carbonyl (C=O) groups excluding carboxylic acids is 1. The molecule has 5 nitrogen and oxygen atoms in total. The van der Waals surface area contributed by atoms with E-state index in [1.807, 2.05) is 47.8 Å². The molecule has 0 unspecified atom stereocenters. The van der Waals surface area contributed by atoms with E-state index in [4.69, 9.17) is 21.1 Å². The van der Waals surface area contributed by atoms with E-state index in [0.717, 1.165) is 29.8 Å². The number of rotatable bonds is 8. The minimum atomic E-state index is -0.0486. The second-order valence-electron chi connectivity index (χ2n) is 6.13. The highest BCUT2D eigenvalue weighted by molar-refractivity contribution is 7.14. The third-order valence-corrected chi connectivity index (χ3v) is 5.23. The predicted octanol–water partition coefficient (Wildman–Crippen LogP) is 5.44. The number of carbonyl (C=O) groups is 1. The Hall–Kier alpha value is -2.57. The van der Waals surface area contributed by atoms with Crippen molar-refractivity contribution in [3.05, 3.63) is 58.4 Å². The van der Waals surface area contributed by atoms with E-state index in [2.05, 4.69) is 10.3 Å². The molecule has 28 heavy (non-hydrogen) atoms. The van der Waals surface area contributed by atoms with Gasteiger partial charge in [-0.3, -0.25) is 4.79 Å². The molecule has 0 bridgehead atoms. The summed E-state index contributed by atoms with van der Waals surface area (Å²) in [6.07, 6.45) is 2.02. The first-order chi connectivity index (χ1) is 13.6. The van der Waals surface area contributed by atoms with Crippen LogP contribution in [0.3, 0.4) is 0 Å². The van der Waals surface area contributed by atoms with Crippen molar-refractivity contribution in [2.24, 2.45) is 0 Å². The highest BCUT2D eigenvalue weighted by Crippen LogP contribution is 2.35. The van der Waals surface area contributed by atoms with Crippen LogP contribution in [0, 0.1) is 0 Å². The molecule has 1 amide bonds. The number of methoxy groups -OCH3 is 2. The number of ether oxygens (including phenoxy) is 2. The summed E-state index contributed by atoms with van der Waals surface area (Å²) < 4.78 is 10.7. The summed E-state index contributed by atoms with van der Waals surface area (Å²) >= 11 is 7.27. The quantitative estimate of drug-likeness (QED) is 0.531. The van der Waals surface area contributed by atoms with Gasteiger partial charge in [0.05, 0.1) is 19.9 Å². The zero-order chi connectivity index (χ0) is 19.9. The number of halogens is 1. The van der Waals surface area contributed by atoms with Crippen molar-refractivity contribution in [1.29, 1.82) is 0 Å². The predicted molar refractivity (Wildman–Crippen MR) is 114 cm³/mol. The summed E-state index contributed by atoms with van der Waals surface area (Å²) in [5.74, 6) is 1.37. The Balaban J connectivity index is 1.58. The van der Waals surface area contributed by atoms with Crippen molar-refractivity contribution in [1.82, 2.24) is 4.98 Å². The van der Waals surface area contributed by atoms with Crippen LogP contribution in [0.5, 0.6) is 11.5 Å². The van der Waals surface area contributed by atoms with Crippen LogP contribution in [0.1, 0.15) is 18.4 Å². The number of anilines is 1. The second-order valence-corrected chi connectivity index (χ2v) is 7.43. The van der Waals surface area contributed by atoms with Gasteiger partial charge in [-0.15, -0.1) is 11.3 Å². The molecule has 2 aromatic carbocycles. The lowest BCUT2D eigenvalue weighted by Crippen LogP contribution is -2.11. The van der Waals surface area contributed by atoms with Crippen LogP contribution in [0.2, 0.25) is 5.02 Å². The molecule has 1 aromatic heterocycles. The molecule has 0 spiro atoms. The molecule has 146 valence electrons. The van der Waals surface area contributed by atoms with E-state index in [1.54, 1.807) is 14.2 Å². The normalized spacial score (nSPS) is 10.5. The lowest BCUT2D eigenvalue weighted by Gasteiger charge is -2.08. The highest BCUT2D eigenvalue weighted by atomic mass is 35.5. The molecule has 1 heterocycles. The van der Waals surface area contributed by atoms with Gasteiger partial charge in [0, 0.05) is 22.4 Å². The number of nitrogens with zero attached hydrogens (tertiary/aromatic N) is 1. The number of hydrogen-bond acceptors (Lipinski definition) is 5. The molecule has 3 aromatic rings. The molecule has 3 rings (SSSR count). The summed E-state index contributed by atoms with van der Waals surface area (Å²) in [4.78, 5) is 16.7. The van der Waals surface area contributed by atoms with Gasteiger partial charge < -0.3 is 14.8 Å². The first-order valence-corrected chi connectivity index (χ1v) is 10.1. The lowest BCUT2D eigenvalue weighted by molar-refractivity contribution is -0.116. The van der Waals surface area contributed by atoms with E-state index in [1.165, 1.54) is 16.9 Å². The Kier molecular flexibility index (Phi) is 6.90. The maximum absolute atomic E-state index is 12.2. The number of thiazole rings is 1. The fraction of sp³-hybridized carbons (Fsp3) is 0.238. The topological polar surface area (TPSA) is 60.5 Å². The average molecular weight is 417 g/mol. The van der Waals surface area contributed by atoms with Gasteiger partial charge in [0.25, 0.3) is 0 Å². The number of nitrogens with one attached hydrogen (secondary N) is 1. The zero-order valence-electron chi connectivity index (χ0n) is 15.7. The molecule has 0 fully saturated rings. The smallest absolute Gasteiger partial charge is 0.226 e. The molecule has 0 aliphatic rings. The van der Waals surface area contributed by atoms with Crippen molar-refractivity contribution in [3.8, 4) is 22.8 Å². The van der Waals surface area contributed by atoms with Crippen LogP contribution in [-0.2, 0) is 11.2 Å². The van der Waals surface area contributed by atoms with Crippen molar-refractivity contribution in [2.45, 2.75) is 19.3 Å². The summed E-state index contributed by atoms with van der Waals surface area (Å²) in [5, 5.41) is 6.04. The molecule has 0 saturated carbocycles. The van der Waals surface area contributed by atoms with Gasteiger partial charge in [-0.1, -0.05) is 23.7 Å². The van der Waals surface area contributed by atoms with Crippen molar-refractivity contribution < 1.29 is 14.3 Å². The highest BCUT2D eigenvalue weighted by Gasteiger charge is 2.13. The fourth-order valence-electron chi connectivity index (χ4n) is 2.76. The molecule has 0 atom stereocenters. The Morgan fingerprint density at radius 1 is 1.14 bits per heavy atom. The number of aromatic nitrogens is 1. The third-order valence-electron chi connectivity index (χ3n) is 4.22. The van der Waals surface area contributed by atoms with Crippen molar-refractivity contribution in [3.63, 3.8) is 0 Å². The van der Waals surface area contributed by atoms with Crippen LogP contribution < -0.4 is 14.8 Å². The van der Waals surface area contributed by atoms with Gasteiger partial charge >= 0.3 is 0 Å². The maximum Gasteiger partial charge on any atom is 0.226 e.